The van der Waals surface area contributed by atoms with Gasteiger partial charge in [0.1, 0.15) is 17.1 Å². The number of nitriles is 2. The van der Waals surface area contributed by atoms with Crippen LogP contribution in [-0.2, 0) is 5.41 Å². The van der Waals surface area contributed by atoms with Gasteiger partial charge in [-0.25, -0.2) is 15.0 Å². The first kappa shape index (κ1) is 21.3. The Kier molecular flexibility index (Phi) is 5.49. The summed E-state index contributed by atoms with van der Waals surface area (Å²) in [5.41, 5.74) is 4.69. The lowest BCUT2D eigenvalue weighted by Crippen LogP contribution is -2.29. The van der Waals surface area contributed by atoms with Crippen molar-refractivity contribution in [3.8, 4) is 23.5 Å². The molecule has 0 fully saturated rings. The van der Waals surface area contributed by atoms with Gasteiger partial charge in [0.2, 0.25) is 0 Å². The quantitative estimate of drug-likeness (QED) is 0.592. The summed E-state index contributed by atoms with van der Waals surface area (Å²) in [4.78, 5) is 14.6. The number of rotatable bonds is 3. The second-order valence-electron chi connectivity index (χ2n) is 8.31. The number of nitrogens with one attached hydrogen (secondary N) is 1. The normalized spacial score (nSPS) is 20.3. The molecule has 6 nitrogen and oxygen atoms in total. The van der Waals surface area contributed by atoms with Crippen LogP contribution in [0.15, 0.2) is 78.5 Å². The van der Waals surface area contributed by atoms with Crippen LogP contribution in [0, 0.1) is 22.7 Å². The van der Waals surface area contributed by atoms with Gasteiger partial charge in [-0.15, -0.1) is 0 Å². The minimum atomic E-state index is -0.995. The fourth-order valence-corrected chi connectivity index (χ4v) is 4.37. The van der Waals surface area contributed by atoms with Crippen LogP contribution in [0.1, 0.15) is 49.0 Å². The molecule has 5 heterocycles. The molecule has 6 heteroatoms. The maximum atomic E-state index is 10.6. The average Bonchev–Trinajstić information content (AvgIpc) is 2.90. The van der Waals surface area contributed by atoms with E-state index >= 15 is 0 Å². The number of allylic oxidation sites excluding steroid dienone is 4. The highest BCUT2D eigenvalue weighted by Crippen LogP contribution is 2.37. The largest absolute Gasteiger partial charge is 0.353 e. The van der Waals surface area contributed by atoms with Crippen molar-refractivity contribution in [1.29, 1.82) is 10.5 Å². The molecule has 0 amide bonds. The minimum absolute atomic E-state index is 0.433. The fraction of sp³-hybridized carbons (Fsp3) is 0.179. The maximum Gasteiger partial charge on any atom is 0.141 e. The van der Waals surface area contributed by atoms with Crippen molar-refractivity contribution in [2.75, 3.05) is 0 Å². The first-order chi connectivity index (χ1) is 16.7. The highest BCUT2D eigenvalue weighted by atomic mass is 14.9. The van der Waals surface area contributed by atoms with E-state index in [1.54, 1.807) is 0 Å². The monoisotopic (exact) mass is 442 g/mol. The van der Waals surface area contributed by atoms with E-state index in [-0.39, 0.29) is 0 Å². The molecule has 1 unspecified atom stereocenters. The molecule has 3 aromatic rings. The molecule has 164 valence electrons. The smallest absolute Gasteiger partial charge is 0.141 e. The molecule has 1 N–H and O–H groups in total. The Morgan fingerprint density at radius 2 is 1.50 bits per heavy atom. The van der Waals surface area contributed by atoms with Crippen LogP contribution in [0.5, 0.6) is 0 Å². The van der Waals surface area contributed by atoms with E-state index in [0.29, 0.717) is 51.9 Å². The van der Waals surface area contributed by atoms with Gasteiger partial charge in [0.15, 0.2) is 0 Å². The molecular formula is C28H22N6. The summed E-state index contributed by atoms with van der Waals surface area (Å²) >= 11 is 0. The first-order valence-electron chi connectivity index (χ1n) is 11.3. The van der Waals surface area contributed by atoms with Crippen molar-refractivity contribution in [2.45, 2.75) is 31.6 Å². The van der Waals surface area contributed by atoms with E-state index in [4.69, 9.17) is 15.0 Å². The van der Waals surface area contributed by atoms with Crippen molar-refractivity contribution < 1.29 is 0 Å². The van der Waals surface area contributed by atoms with Crippen LogP contribution in [0.4, 0.5) is 0 Å². The van der Waals surface area contributed by atoms with Gasteiger partial charge in [-0.2, -0.15) is 10.5 Å². The summed E-state index contributed by atoms with van der Waals surface area (Å²) in [5.74, 6) is 0. The minimum Gasteiger partial charge on any atom is -0.353 e. The van der Waals surface area contributed by atoms with E-state index in [0.717, 1.165) is 18.5 Å². The predicted octanol–water partition coefficient (Wildman–Crippen LogP) is 5.29. The molecule has 0 radical (unpaired) electrons. The summed E-state index contributed by atoms with van der Waals surface area (Å²) in [6, 6.07) is 21.8. The van der Waals surface area contributed by atoms with E-state index in [2.05, 4.69) is 24.4 Å². The third-order valence-electron chi connectivity index (χ3n) is 6.19. The maximum absolute atomic E-state index is 10.6. The van der Waals surface area contributed by atoms with Crippen molar-refractivity contribution in [3.05, 3.63) is 101 Å². The zero-order chi connectivity index (χ0) is 23.5. The Bertz CT molecular complexity index is 1450. The van der Waals surface area contributed by atoms with Crippen LogP contribution in [-0.4, -0.2) is 15.0 Å². The highest BCUT2D eigenvalue weighted by molar-refractivity contribution is 5.83. The Morgan fingerprint density at radius 3 is 2.21 bits per heavy atom. The molecule has 1 atom stereocenters. The van der Waals surface area contributed by atoms with E-state index < -0.39 is 5.41 Å². The predicted molar refractivity (Wildman–Crippen MR) is 130 cm³/mol. The first-order valence-corrected chi connectivity index (χ1v) is 11.3. The SMILES string of the molecule is CCCCC1(C#N)c2cccc(n2)C2=CC=C/C(=C(\C#N)c3cccc(n3)-c3cccc1n3)N2. The Morgan fingerprint density at radius 1 is 0.853 bits per heavy atom. The topological polar surface area (TPSA) is 98.3 Å². The molecule has 3 aromatic heterocycles. The Hall–Kier alpha value is -4.55. The summed E-state index contributed by atoms with van der Waals surface area (Å²) < 4.78 is 0. The van der Waals surface area contributed by atoms with Gasteiger partial charge < -0.3 is 5.32 Å². The molecule has 2 aliphatic rings. The molecule has 0 spiro atoms. The highest BCUT2D eigenvalue weighted by Gasteiger charge is 2.38. The van der Waals surface area contributed by atoms with Gasteiger partial charge in [-0.3, -0.25) is 0 Å². The number of hydrogen-bond donors (Lipinski definition) is 1. The number of pyridine rings is 3. The Balaban J connectivity index is 1.84. The van der Waals surface area contributed by atoms with Gasteiger partial charge in [0.05, 0.1) is 51.6 Å². The number of fused-ring (bicyclic) bond motifs is 10. The average molecular weight is 443 g/mol. The summed E-state index contributed by atoms with van der Waals surface area (Å²) in [6.07, 6.45) is 8.08. The molecule has 0 saturated carbocycles. The number of dihydropyridines is 1. The molecule has 0 aromatic carbocycles. The van der Waals surface area contributed by atoms with Crippen LogP contribution >= 0.6 is 0 Å². The molecular weight excluding hydrogens is 420 g/mol. The summed E-state index contributed by atoms with van der Waals surface area (Å²) in [6.45, 7) is 2.11. The van der Waals surface area contributed by atoms with Crippen molar-refractivity contribution in [1.82, 2.24) is 20.3 Å². The lowest BCUT2D eigenvalue weighted by molar-refractivity contribution is 0.529. The standard InChI is InChI=1S/C28H22N6/c1-2-3-16-28(18-30)26-14-6-12-24(33-26)22-10-4-8-20(31-22)19(17-29)21-9-5-11-23(32-21)25-13-7-15-27(28)34-25/h4-15,31H,2-3,16H2,1H3/b20-19-. The second-order valence-corrected chi connectivity index (χ2v) is 8.31. The van der Waals surface area contributed by atoms with Crippen LogP contribution in [0.25, 0.3) is 22.7 Å². The summed E-state index contributed by atoms with van der Waals surface area (Å²) in [5, 5.41) is 23.9. The fourth-order valence-electron chi connectivity index (χ4n) is 4.37. The lowest BCUT2D eigenvalue weighted by Gasteiger charge is -2.27. The molecule has 8 bridgehead atoms. The second kappa shape index (κ2) is 8.77. The van der Waals surface area contributed by atoms with E-state index in [1.807, 2.05) is 72.8 Å². The van der Waals surface area contributed by atoms with Crippen LogP contribution in [0.2, 0.25) is 0 Å². The third-order valence-corrected chi connectivity index (χ3v) is 6.19. The van der Waals surface area contributed by atoms with E-state index in [9.17, 15) is 10.5 Å². The van der Waals surface area contributed by atoms with Gasteiger partial charge in [-0.1, -0.05) is 44.0 Å². The van der Waals surface area contributed by atoms with Crippen molar-refractivity contribution >= 4 is 11.3 Å². The molecule has 0 saturated heterocycles. The van der Waals surface area contributed by atoms with E-state index in [1.165, 1.54) is 0 Å². The molecule has 34 heavy (non-hydrogen) atoms. The van der Waals surface area contributed by atoms with Gasteiger partial charge in [0.25, 0.3) is 0 Å². The van der Waals surface area contributed by atoms with Crippen molar-refractivity contribution in [2.24, 2.45) is 0 Å². The van der Waals surface area contributed by atoms with Crippen LogP contribution < -0.4 is 5.32 Å². The molecule has 0 aliphatic carbocycles. The van der Waals surface area contributed by atoms with Gasteiger partial charge >= 0.3 is 0 Å². The number of aromatic nitrogens is 3. The number of hydrogen-bond acceptors (Lipinski definition) is 6. The summed E-state index contributed by atoms with van der Waals surface area (Å²) in [7, 11) is 0. The van der Waals surface area contributed by atoms with Crippen molar-refractivity contribution in [3.63, 3.8) is 0 Å². The zero-order valence-corrected chi connectivity index (χ0v) is 18.8. The van der Waals surface area contributed by atoms with Crippen LogP contribution in [0.3, 0.4) is 0 Å². The molecule has 2 aliphatic heterocycles. The van der Waals surface area contributed by atoms with Gasteiger partial charge in [0, 0.05) is 0 Å². The third kappa shape index (κ3) is 3.56. The number of nitrogens with zero attached hydrogens (tertiary/aromatic N) is 5. The lowest BCUT2D eigenvalue weighted by atomic mass is 9.77. The molecule has 5 rings (SSSR count). The Labute approximate surface area is 198 Å². The number of unbranched alkanes of at least 4 members (excludes halogenated alkanes) is 1. The van der Waals surface area contributed by atoms with Gasteiger partial charge in [-0.05, 0) is 55.0 Å². The zero-order valence-electron chi connectivity index (χ0n) is 18.8.